The number of rotatable bonds is 2. The molecule has 1 rings (SSSR count). The van der Waals surface area contributed by atoms with Gasteiger partial charge in [-0.3, -0.25) is 0 Å². The highest BCUT2D eigenvalue weighted by Crippen LogP contribution is 2.24. The largest absolute Gasteiger partial charge is 0.458 e. The second-order valence-corrected chi connectivity index (χ2v) is 4.79. The second-order valence-electron chi connectivity index (χ2n) is 4.79. The van der Waals surface area contributed by atoms with Gasteiger partial charge in [0.05, 0.1) is 0 Å². The zero-order valence-electron chi connectivity index (χ0n) is 9.70. The van der Waals surface area contributed by atoms with Crippen LogP contribution in [0, 0.1) is 0 Å². The summed E-state index contributed by atoms with van der Waals surface area (Å²) in [5.41, 5.74) is 0.350. The van der Waals surface area contributed by atoms with Gasteiger partial charge in [0.2, 0.25) is 0 Å². The van der Waals surface area contributed by atoms with E-state index in [1.807, 2.05) is 27.7 Å². The summed E-state index contributed by atoms with van der Waals surface area (Å²) in [5.74, 6) is -0.383. The van der Waals surface area contributed by atoms with Crippen molar-refractivity contribution in [1.82, 2.24) is 0 Å². The number of esters is 1. The second kappa shape index (κ2) is 4.33. The molecular weight excluding hydrogens is 196 g/mol. The summed E-state index contributed by atoms with van der Waals surface area (Å²) in [4.78, 5) is 21.4. The molecule has 0 unspecified atom stereocenters. The van der Waals surface area contributed by atoms with Gasteiger partial charge in [0.15, 0.2) is 6.10 Å². The van der Waals surface area contributed by atoms with Gasteiger partial charge in [-0.2, -0.15) is 0 Å². The maximum Gasteiger partial charge on any atom is 0.339 e. The molecule has 0 amide bonds. The van der Waals surface area contributed by atoms with E-state index in [2.05, 4.69) is 6.58 Å². The van der Waals surface area contributed by atoms with E-state index in [9.17, 15) is 4.79 Å². The number of carbonyl (C=O) groups is 1. The summed E-state index contributed by atoms with van der Waals surface area (Å²) in [6.07, 6.45) is -0.363. The molecule has 0 saturated carbocycles. The van der Waals surface area contributed by atoms with Crippen molar-refractivity contribution in [3.8, 4) is 0 Å². The van der Waals surface area contributed by atoms with E-state index in [0.717, 1.165) is 5.57 Å². The molecule has 0 aromatic carbocycles. The molecule has 0 bridgehead atoms. The molecular formula is C11H18O4. The molecule has 0 spiro atoms. The quantitative estimate of drug-likeness (QED) is 0.400. The van der Waals surface area contributed by atoms with E-state index in [1.165, 1.54) is 0 Å². The summed E-state index contributed by atoms with van der Waals surface area (Å²) in [7, 11) is 0. The fourth-order valence-corrected chi connectivity index (χ4v) is 1.19. The number of hydrogen-bond acceptors (Lipinski definition) is 4. The Morgan fingerprint density at radius 3 is 2.27 bits per heavy atom. The molecule has 0 aromatic rings. The van der Waals surface area contributed by atoms with Gasteiger partial charge in [0.25, 0.3) is 0 Å². The van der Waals surface area contributed by atoms with Crippen LogP contribution in [-0.4, -0.2) is 23.8 Å². The van der Waals surface area contributed by atoms with E-state index in [1.54, 1.807) is 0 Å². The summed E-state index contributed by atoms with van der Waals surface area (Å²) >= 11 is 0. The van der Waals surface area contributed by atoms with Crippen LogP contribution in [0.1, 0.15) is 34.1 Å². The van der Waals surface area contributed by atoms with Crippen molar-refractivity contribution in [2.75, 3.05) is 0 Å². The molecule has 1 aliphatic rings. The fourth-order valence-electron chi connectivity index (χ4n) is 1.19. The lowest BCUT2D eigenvalue weighted by molar-refractivity contribution is -0.290. The SMILES string of the molecule is C=C(C)[C@@H]1C[C@@H](C(=O)OC(C)(C)C)OO1. The molecule has 0 radical (unpaired) electrons. The highest BCUT2D eigenvalue weighted by Gasteiger charge is 2.36. The van der Waals surface area contributed by atoms with Crippen LogP contribution in [0.2, 0.25) is 0 Å². The first-order chi connectivity index (χ1) is 6.79. The molecule has 86 valence electrons. The van der Waals surface area contributed by atoms with E-state index in [-0.39, 0.29) is 12.1 Å². The summed E-state index contributed by atoms with van der Waals surface area (Å²) in [6, 6.07) is 0. The minimum Gasteiger partial charge on any atom is -0.458 e. The summed E-state index contributed by atoms with van der Waals surface area (Å²) in [6.45, 7) is 11.0. The lowest BCUT2D eigenvalue weighted by atomic mass is 10.1. The van der Waals surface area contributed by atoms with Crippen LogP contribution < -0.4 is 0 Å². The standard InChI is InChI=1S/C11H18O4/c1-7(2)8-6-9(15-14-8)10(12)13-11(3,4)5/h8-9H,1,6H2,2-5H3/t8-,9-/m0/s1. The Kier molecular flexibility index (Phi) is 3.52. The number of ether oxygens (including phenoxy) is 1. The third-order valence-corrected chi connectivity index (χ3v) is 1.94. The van der Waals surface area contributed by atoms with Gasteiger partial charge >= 0.3 is 5.97 Å². The van der Waals surface area contributed by atoms with Gasteiger partial charge < -0.3 is 4.74 Å². The molecule has 0 aliphatic carbocycles. The van der Waals surface area contributed by atoms with Gasteiger partial charge in [0, 0.05) is 6.42 Å². The first-order valence-corrected chi connectivity index (χ1v) is 5.00. The van der Waals surface area contributed by atoms with E-state index < -0.39 is 11.7 Å². The summed E-state index contributed by atoms with van der Waals surface area (Å²) in [5, 5.41) is 0. The van der Waals surface area contributed by atoms with E-state index >= 15 is 0 Å². The molecule has 1 aliphatic heterocycles. The highest BCUT2D eigenvalue weighted by molar-refractivity contribution is 5.75. The molecule has 4 heteroatoms. The first-order valence-electron chi connectivity index (χ1n) is 5.00. The highest BCUT2D eigenvalue weighted by atomic mass is 17.2. The Hall–Kier alpha value is -0.870. The van der Waals surface area contributed by atoms with Crippen molar-refractivity contribution in [1.29, 1.82) is 0 Å². The Bertz CT molecular complexity index is 264. The number of hydrogen-bond donors (Lipinski definition) is 0. The van der Waals surface area contributed by atoms with Crippen molar-refractivity contribution >= 4 is 5.97 Å². The predicted octanol–water partition coefficient (Wildman–Crippen LogP) is 1.99. The van der Waals surface area contributed by atoms with Crippen LogP contribution in [0.25, 0.3) is 0 Å². The number of carbonyl (C=O) groups excluding carboxylic acids is 1. The van der Waals surface area contributed by atoms with Gasteiger partial charge in [-0.1, -0.05) is 6.58 Å². The molecule has 4 nitrogen and oxygen atoms in total. The maximum absolute atomic E-state index is 11.6. The van der Waals surface area contributed by atoms with Crippen molar-refractivity contribution in [2.24, 2.45) is 0 Å². The average Bonchev–Trinajstić information content (AvgIpc) is 2.47. The third kappa shape index (κ3) is 3.64. The average molecular weight is 214 g/mol. The molecule has 1 heterocycles. The maximum atomic E-state index is 11.6. The Morgan fingerprint density at radius 1 is 1.33 bits per heavy atom. The van der Waals surface area contributed by atoms with Crippen LogP contribution in [0.5, 0.6) is 0 Å². The smallest absolute Gasteiger partial charge is 0.339 e. The first kappa shape index (κ1) is 12.2. The van der Waals surface area contributed by atoms with Crippen LogP contribution >= 0.6 is 0 Å². The zero-order chi connectivity index (χ0) is 11.6. The van der Waals surface area contributed by atoms with Crippen molar-refractivity contribution < 1.29 is 19.3 Å². The lowest BCUT2D eigenvalue weighted by Crippen LogP contribution is -2.31. The van der Waals surface area contributed by atoms with E-state index in [4.69, 9.17) is 14.5 Å². The molecule has 0 N–H and O–H groups in total. The molecule has 1 saturated heterocycles. The Morgan fingerprint density at radius 2 is 1.87 bits per heavy atom. The predicted molar refractivity (Wildman–Crippen MR) is 55.0 cm³/mol. The van der Waals surface area contributed by atoms with Gasteiger partial charge in [-0.05, 0) is 33.3 Å². The van der Waals surface area contributed by atoms with E-state index in [0.29, 0.717) is 6.42 Å². The lowest BCUT2D eigenvalue weighted by Gasteiger charge is -2.20. The fraction of sp³-hybridized carbons (Fsp3) is 0.727. The van der Waals surface area contributed by atoms with Crippen molar-refractivity contribution in [3.63, 3.8) is 0 Å². The molecule has 0 aromatic heterocycles. The third-order valence-electron chi connectivity index (χ3n) is 1.94. The van der Waals surface area contributed by atoms with Gasteiger partial charge in [-0.15, -0.1) is 0 Å². The zero-order valence-corrected chi connectivity index (χ0v) is 9.70. The molecule has 15 heavy (non-hydrogen) atoms. The van der Waals surface area contributed by atoms with Crippen LogP contribution in [0.4, 0.5) is 0 Å². The van der Waals surface area contributed by atoms with Gasteiger partial charge in [-0.25, -0.2) is 14.6 Å². The monoisotopic (exact) mass is 214 g/mol. The minimum atomic E-state index is -0.633. The van der Waals surface area contributed by atoms with Crippen LogP contribution in [0.15, 0.2) is 12.2 Å². The normalized spacial score (nSPS) is 26.4. The Labute approximate surface area is 90.1 Å². The van der Waals surface area contributed by atoms with Crippen molar-refractivity contribution in [3.05, 3.63) is 12.2 Å². The van der Waals surface area contributed by atoms with Crippen LogP contribution in [0.3, 0.4) is 0 Å². The van der Waals surface area contributed by atoms with Crippen molar-refractivity contribution in [2.45, 2.75) is 51.9 Å². The topological polar surface area (TPSA) is 44.8 Å². The minimum absolute atomic E-state index is 0.206. The molecule has 2 atom stereocenters. The van der Waals surface area contributed by atoms with Crippen LogP contribution in [-0.2, 0) is 19.3 Å². The van der Waals surface area contributed by atoms with Gasteiger partial charge in [0.1, 0.15) is 11.7 Å². The Balaban J connectivity index is 2.47. The summed E-state index contributed by atoms with van der Waals surface area (Å²) < 4.78 is 5.18. The molecule has 1 fully saturated rings.